The standard InChI is InChI=1S/C18H26N4O3/c1-3-16-20-21-17(25-16)19-11-18(12-23)13-24-10-14(2)22(18)9-15-7-5-4-6-8-15/h4-8,14,23H,3,9-13H2,1-2H3,(H,19,21)/t14-,18+/m1/s1. The number of nitrogens with zero attached hydrogens (tertiary/aromatic N) is 3. The minimum absolute atomic E-state index is 0.0219. The van der Waals surface area contributed by atoms with Crippen molar-refractivity contribution in [3.05, 3.63) is 41.8 Å². The monoisotopic (exact) mass is 346 g/mol. The van der Waals surface area contributed by atoms with Gasteiger partial charge in [0.25, 0.3) is 0 Å². The zero-order valence-corrected chi connectivity index (χ0v) is 14.8. The van der Waals surface area contributed by atoms with Gasteiger partial charge in [-0.2, -0.15) is 0 Å². The van der Waals surface area contributed by atoms with Gasteiger partial charge >= 0.3 is 6.01 Å². The van der Waals surface area contributed by atoms with Gasteiger partial charge in [-0.15, -0.1) is 5.10 Å². The summed E-state index contributed by atoms with van der Waals surface area (Å²) in [6.45, 7) is 6.37. The number of rotatable bonds is 7. The summed E-state index contributed by atoms with van der Waals surface area (Å²) in [4.78, 5) is 2.30. The van der Waals surface area contributed by atoms with Gasteiger partial charge in [0.1, 0.15) is 0 Å². The van der Waals surface area contributed by atoms with Crippen LogP contribution in [0.3, 0.4) is 0 Å². The predicted octanol–water partition coefficient (Wildman–Crippen LogP) is 1.70. The third-order valence-electron chi connectivity index (χ3n) is 4.70. The van der Waals surface area contributed by atoms with E-state index in [0.29, 0.717) is 38.1 Å². The van der Waals surface area contributed by atoms with Gasteiger partial charge in [-0.3, -0.25) is 4.90 Å². The van der Waals surface area contributed by atoms with Crippen LogP contribution in [0.2, 0.25) is 0 Å². The summed E-state index contributed by atoms with van der Waals surface area (Å²) < 4.78 is 11.3. The molecular weight excluding hydrogens is 320 g/mol. The summed E-state index contributed by atoms with van der Waals surface area (Å²) >= 11 is 0. The summed E-state index contributed by atoms with van der Waals surface area (Å²) in [5.74, 6) is 0.593. The quantitative estimate of drug-likeness (QED) is 0.789. The molecular formula is C18H26N4O3. The first-order chi connectivity index (χ1) is 12.2. The first kappa shape index (κ1) is 17.8. The molecule has 1 aliphatic rings. The Morgan fingerprint density at radius 3 is 2.80 bits per heavy atom. The number of aryl methyl sites for hydroxylation is 1. The van der Waals surface area contributed by atoms with Gasteiger partial charge < -0.3 is 19.6 Å². The molecule has 1 aromatic heterocycles. The highest BCUT2D eigenvalue weighted by Gasteiger charge is 2.42. The Labute approximate surface area is 148 Å². The minimum Gasteiger partial charge on any atom is -0.408 e. The number of ether oxygens (including phenoxy) is 1. The maximum Gasteiger partial charge on any atom is 0.315 e. The molecule has 7 heteroatoms. The van der Waals surface area contributed by atoms with Gasteiger partial charge in [-0.1, -0.05) is 42.4 Å². The van der Waals surface area contributed by atoms with Crippen molar-refractivity contribution in [3.63, 3.8) is 0 Å². The molecule has 0 saturated carbocycles. The molecule has 3 rings (SSSR count). The Morgan fingerprint density at radius 1 is 1.32 bits per heavy atom. The molecule has 1 saturated heterocycles. The molecule has 0 amide bonds. The lowest BCUT2D eigenvalue weighted by atomic mass is 9.94. The predicted molar refractivity (Wildman–Crippen MR) is 94.2 cm³/mol. The third kappa shape index (κ3) is 4.00. The number of hydrogen-bond acceptors (Lipinski definition) is 7. The van der Waals surface area contributed by atoms with Gasteiger partial charge in [0.2, 0.25) is 5.89 Å². The molecule has 0 bridgehead atoms. The van der Waals surface area contributed by atoms with E-state index in [1.807, 2.05) is 25.1 Å². The molecule has 0 unspecified atom stereocenters. The minimum atomic E-state index is -0.547. The lowest BCUT2D eigenvalue weighted by Gasteiger charge is -2.49. The molecule has 0 aliphatic carbocycles. The molecule has 2 N–H and O–H groups in total. The molecule has 1 aromatic carbocycles. The number of morpholine rings is 1. The van der Waals surface area contributed by atoms with Crippen LogP contribution < -0.4 is 5.32 Å². The fourth-order valence-electron chi connectivity index (χ4n) is 3.22. The Bertz CT molecular complexity index is 663. The van der Waals surface area contributed by atoms with Crippen molar-refractivity contribution in [1.82, 2.24) is 15.1 Å². The van der Waals surface area contributed by atoms with Gasteiger partial charge in [-0.25, -0.2) is 0 Å². The number of benzene rings is 1. The van der Waals surface area contributed by atoms with Crippen LogP contribution in [0.4, 0.5) is 6.01 Å². The first-order valence-electron chi connectivity index (χ1n) is 8.72. The van der Waals surface area contributed by atoms with Gasteiger partial charge in [0.05, 0.1) is 25.4 Å². The highest BCUT2D eigenvalue weighted by atomic mass is 16.5. The van der Waals surface area contributed by atoms with Crippen LogP contribution in [-0.2, 0) is 17.7 Å². The lowest BCUT2D eigenvalue weighted by molar-refractivity contribution is -0.118. The van der Waals surface area contributed by atoms with Crippen molar-refractivity contribution in [2.75, 3.05) is 31.7 Å². The van der Waals surface area contributed by atoms with E-state index in [-0.39, 0.29) is 12.6 Å². The summed E-state index contributed by atoms with van der Waals surface area (Å²) in [7, 11) is 0. The summed E-state index contributed by atoms with van der Waals surface area (Å²) in [5.41, 5.74) is 0.661. The van der Waals surface area contributed by atoms with E-state index in [1.165, 1.54) is 5.56 Å². The summed E-state index contributed by atoms with van der Waals surface area (Å²) in [5, 5.41) is 21.3. The Balaban J connectivity index is 1.76. The molecule has 2 aromatic rings. The lowest BCUT2D eigenvalue weighted by Crippen LogP contribution is -2.65. The zero-order chi connectivity index (χ0) is 17.7. The van der Waals surface area contributed by atoms with Crippen LogP contribution in [0.25, 0.3) is 0 Å². The van der Waals surface area contributed by atoms with Crippen molar-refractivity contribution < 1.29 is 14.3 Å². The second kappa shape index (κ2) is 7.95. The van der Waals surface area contributed by atoms with Crippen molar-refractivity contribution >= 4 is 6.01 Å². The Morgan fingerprint density at radius 2 is 2.12 bits per heavy atom. The Hall–Kier alpha value is -1.96. The van der Waals surface area contributed by atoms with Crippen molar-refractivity contribution in [2.24, 2.45) is 0 Å². The maximum absolute atomic E-state index is 10.2. The van der Waals surface area contributed by atoms with Crippen molar-refractivity contribution in [3.8, 4) is 0 Å². The van der Waals surface area contributed by atoms with E-state index in [9.17, 15) is 5.11 Å². The first-order valence-corrected chi connectivity index (χ1v) is 8.72. The smallest absolute Gasteiger partial charge is 0.315 e. The van der Waals surface area contributed by atoms with Crippen LogP contribution in [0.1, 0.15) is 25.3 Å². The largest absolute Gasteiger partial charge is 0.408 e. The molecule has 136 valence electrons. The van der Waals surface area contributed by atoms with Crippen molar-refractivity contribution in [2.45, 2.75) is 38.4 Å². The normalized spacial score (nSPS) is 24.4. The molecule has 2 heterocycles. The molecule has 7 nitrogen and oxygen atoms in total. The maximum atomic E-state index is 10.2. The van der Waals surface area contributed by atoms with Crippen LogP contribution in [0.5, 0.6) is 0 Å². The Kier molecular flexibility index (Phi) is 5.67. The SMILES string of the molecule is CCc1nnc(NC[C@]2(CO)COC[C@@H](C)N2Cc2ccccc2)o1. The molecule has 0 radical (unpaired) electrons. The number of aliphatic hydroxyl groups excluding tert-OH is 1. The second-order valence-electron chi connectivity index (χ2n) is 6.57. The highest BCUT2D eigenvalue weighted by molar-refractivity contribution is 5.21. The fourth-order valence-corrected chi connectivity index (χ4v) is 3.22. The molecule has 0 spiro atoms. The number of hydrogen-bond donors (Lipinski definition) is 2. The van der Waals surface area contributed by atoms with E-state index in [1.54, 1.807) is 0 Å². The van der Waals surface area contributed by atoms with Gasteiger partial charge in [0, 0.05) is 25.6 Å². The number of aliphatic hydroxyl groups is 1. The van der Waals surface area contributed by atoms with E-state index in [2.05, 4.69) is 39.5 Å². The summed E-state index contributed by atoms with van der Waals surface area (Å²) in [6.07, 6.45) is 0.695. The van der Waals surface area contributed by atoms with Gasteiger partial charge in [0.15, 0.2) is 0 Å². The average molecular weight is 346 g/mol. The average Bonchev–Trinajstić information content (AvgIpc) is 3.11. The van der Waals surface area contributed by atoms with E-state index >= 15 is 0 Å². The van der Waals surface area contributed by atoms with Crippen LogP contribution in [0, 0.1) is 0 Å². The zero-order valence-electron chi connectivity index (χ0n) is 14.8. The number of anilines is 1. The molecule has 1 aliphatic heterocycles. The molecule has 1 fully saturated rings. The number of aromatic nitrogens is 2. The fraction of sp³-hybridized carbons (Fsp3) is 0.556. The third-order valence-corrected chi connectivity index (χ3v) is 4.70. The van der Waals surface area contributed by atoms with Crippen LogP contribution in [0.15, 0.2) is 34.7 Å². The number of nitrogens with one attached hydrogen (secondary N) is 1. The second-order valence-corrected chi connectivity index (χ2v) is 6.57. The van der Waals surface area contributed by atoms with Crippen LogP contribution in [-0.4, -0.2) is 58.1 Å². The van der Waals surface area contributed by atoms with Crippen LogP contribution >= 0.6 is 0 Å². The van der Waals surface area contributed by atoms with E-state index in [0.717, 1.165) is 6.54 Å². The van der Waals surface area contributed by atoms with Crippen molar-refractivity contribution in [1.29, 1.82) is 0 Å². The van der Waals surface area contributed by atoms with E-state index in [4.69, 9.17) is 9.15 Å². The highest BCUT2D eigenvalue weighted by Crippen LogP contribution is 2.27. The topological polar surface area (TPSA) is 83.7 Å². The molecule has 2 atom stereocenters. The van der Waals surface area contributed by atoms with Gasteiger partial charge in [-0.05, 0) is 12.5 Å². The van der Waals surface area contributed by atoms with E-state index < -0.39 is 5.54 Å². The molecule has 25 heavy (non-hydrogen) atoms. The summed E-state index contributed by atoms with van der Waals surface area (Å²) in [6, 6.07) is 10.8.